The van der Waals surface area contributed by atoms with Crippen molar-refractivity contribution in [1.82, 2.24) is 0 Å². The van der Waals surface area contributed by atoms with E-state index >= 15 is 0 Å². The molecule has 0 bridgehead atoms. The highest BCUT2D eigenvalue weighted by atomic mass is 79.9. The number of aryl methyl sites for hydroxylation is 1. The predicted octanol–water partition coefficient (Wildman–Crippen LogP) is 2.15. The second-order valence-electron chi connectivity index (χ2n) is 2.18. The molecule has 1 aromatic rings. The summed E-state index contributed by atoms with van der Waals surface area (Å²) in [5.41, 5.74) is 2.67. The minimum Gasteiger partial charge on any atom is -0.0609 e. The van der Waals surface area contributed by atoms with Crippen LogP contribution >= 0.6 is 15.9 Å². The van der Waals surface area contributed by atoms with E-state index in [9.17, 15) is 0 Å². The summed E-state index contributed by atoms with van der Waals surface area (Å²) in [5, 5.41) is 0. The Morgan fingerprint density at radius 2 is 1.80 bits per heavy atom. The molecule has 0 saturated heterocycles. The van der Waals surface area contributed by atoms with Crippen molar-refractivity contribution >= 4 is 39.0 Å². The van der Waals surface area contributed by atoms with Crippen LogP contribution in [0.3, 0.4) is 0 Å². The monoisotopic (exact) mass is 210 g/mol. The lowest BCUT2D eigenvalue weighted by Gasteiger charge is -1.99. The standard InChI is InChI=1S/C8H9Br.Mg.2H/c1-6-4-3-5-8(9)7(6)2;;;/h3-5H,1-2H3;;;. The van der Waals surface area contributed by atoms with E-state index in [2.05, 4.69) is 41.9 Å². The Kier molecular flexibility index (Phi) is 4.57. The van der Waals surface area contributed by atoms with Crippen molar-refractivity contribution in [3.63, 3.8) is 0 Å². The number of benzene rings is 1. The Morgan fingerprint density at radius 1 is 1.20 bits per heavy atom. The van der Waals surface area contributed by atoms with Crippen molar-refractivity contribution in [2.45, 2.75) is 13.8 Å². The van der Waals surface area contributed by atoms with Crippen molar-refractivity contribution in [3.05, 3.63) is 33.8 Å². The topological polar surface area (TPSA) is 0 Å². The zero-order chi connectivity index (χ0) is 6.85. The van der Waals surface area contributed by atoms with Gasteiger partial charge in [0.25, 0.3) is 0 Å². The molecule has 2 heteroatoms. The van der Waals surface area contributed by atoms with Gasteiger partial charge >= 0.3 is 23.1 Å². The highest BCUT2D eigenvalue weighted by Gasteiger charge is 1.93. The zero-order valence-corrected chi connectivity index (χ0v) is 7.20. The molecule has 0 aliphatic rings. The van der Waals surface area contributed by atoms with Gasteiger partial charge in [-0.05, 0) is 31.0 Å². The fraction of sp³-hybridized carbons (Fsp3) is 0.250. The predicted molar refractivity (Wildman–Crippen MR) is 52.2 cm³/mol. The Labute approximate surface area is 86.3 Å². The maximum absolute atomic E-state index is 3.45. The van der Waals surface area contributed by atoms with Gasteiger partial charge in [0.1, 0.15) is 0 Å². The lowest BCUT2D eigenvalue weighted by atomic mass is 10.1. The van der Waals surface area contributed by atoms with Crippen LogP contribution in [0.1, 0.15) is 11.1 Å². The molecule has 1 rings (SSSR count). The van der Waals surface area contributed by atoms with Gasteiger partial charge in [0, 0.05) is 4.47 Å². The Morgan fingerprint density at radius 3 is 2.20 bits per heavy atom. The molecule has 0 radical (unpaired) electrons. The Balaban J connectivity index is 0.000000810. The summed E-state index contributed by atoms with van der Waals surface area (Å²) in [6, 6.07) is 6.22. The van der Waals surface area contributed by atoms with Crippen LogP contribution < -0.4 is 0 Å². The normalized spacial score (nSPS) is 8.70. The summed E-state index contributed by atoms with van der Waals surface area (Å²) in [4.78, 5) is 0. The van der Waals surface area contributed by atoms with Gasteiger partial charge in [0.15, 0.2) is 0 Å². The molecule has 0 saturated carbocycles. The van der Waals surface area contributed by atoms with E-state index in [4.69, 9.17) is 0 Å². The van der Waals surface area contributed by atoms with E-state index < -0.39 is 0 Å². The summed E-state index contributed by atoms with van der Waals surface area (Å²) in [5.74, 6) is 0. The summed E-state index contributed by atoms with van der Waals surface area (Å²) in [7, 11) is 0. The molecule has 0 fully saturated rings. The molecule has 52 valence electrons. The first kappa shape index (κ1) is 10.5. The van der Waals surface area contributed by atoms with Crippen molar-refractivity contribution in [2.24, 2.45) is 0 Å². The smallest absolute Gasteiger partial charge is 0.0609 e. The molecule has 10 heavy (non-hydrogen) atoms. The molecule has 0 aromatic heterocycles. The third kappa shape index (κ3) is 2.26. The van der Waals surface area contributed by atoms with E-state index in [1.54, 1.807) is 0 Å². The highest BCUT2D eigenvalue weighted by molar-refractivity contribution is 9.10. The zero-order valence-electron chi connectivity index (χ0n) is 5.61. The van der Waals surface area contributed by atoms with Crippen LogP contribution in [0.4, 0.5) is 0 Å². The molecule has 1 aromatic carbocycles. The fourth-order valence-corrected chi connectivity index (χ4v) is 1.18. The van der Waals surface area contributed by atoms with Crippen molar-refractivity contribution in [3.8, 4) is 0 Å². The van der Waals surface area contributed by atoms with E-state index in [0.717, 1.165) is 0 Å². The van der Waals surface area contributed by atoms with E-state index in [0.29, 0.717) is 0 Å². The molecule has 0 aliphatic heterocycles. The average Bonchev–Trinajstić information content (AvgIpc) is 1.83. The second kappa shape index (κ2) is 4.37. The van der Waals surface area contributed by atoms with Crippen LogP contribution in [0.2, 0.25) is 0 Å². The van der Waals surface area contributed by atoms with Gasteiger partial charge in [-0.15, -0.1) is 0 Å². The highest BCUT2D eigenvalue weighted by Crippen LogP contribution is 2.17. The largest absolute Gasteiger partial charge is 0.316 e. The van der Waals surface area contributed by atoms with E-state index in [1.807, 2.05) is 6.07 Å². The van der Waals surface area contributed by atoms with Crippen LogP contribution in [0, 0.1) is 13.8 Å². The number of hydrogen-bond acceptors (Lipinski definition) is 0. The summed E-state index contributed by atoms with van der Waals surface area (Å²) < 4.78 is 1.20. The van der Waals surface area contributed by atoms with Gasteiger partial charge in [-0.1, -0.05) is 28.1 Å². The molecule has 0 N–H and O–H groups in total. The van der Waals surface area contributed by atoms with Crippen molar-refractivity contribution < 1.29 is 0 Å². The molecule has 0 amide bonds. The Bertz CT molecular complexity index is 200. The molecular weight excluding hydrogens is 200 g/mol. The van der Waals surface area contributed by atoms with Gasteiger partial charge in [-0.3, -0.25) is 0 Å². The maximum atomic E-state index is 3.45. The van der Waals surface area contributed by atoms with Gasteiger partial charge in [0.05, 0.1) is 0 Å². The molecule has 0 atom stereocenters. The van der Waals surface area contributed by atoms with E-state index in [1.165, 1.54) is 15.6 Å². The van der Waals surface area contributed by atoms with E-state index in [-0.39, 0.29) is 23.1 Å². The summed E-state index contributed by atoms with van der Waals surface area (Å²) in [6.07, 6.45) is 0. The van der Waals surface area contributed by atoms with Gasteiger partial charge in [-0.25, -0.2) is 0 Å². The molecular formula is C8H11BrMg. The van der Waals surface area contributed by atoms with Gasteiger partial charge in [-0.2, -0.15) is 0 Å². The van der Waals surface area contributed by atoms with Gasteiger partial charge in [0.2, 0.25) is 0 Å². The first-order valence-corrected chi connectivity index (χ1v) is 3.73. The molecule has 0 heterocycles. The minimum atomic E-state index is 0. The number of rotatable bonds is 0. The van der Waals surface area contributed by atoms with Crippen LogP contribution in [0.5, 0.6) is 0 Å². The summed E-state index contributed by atoms with van der Waals surface area (Å²) >= 11 is 3.45. The fourth-order valence-electron chi connectivity index (χ4n) is 0.715. The van der Waals surface area contributed by atoms with Crippen LogP contribution in [0.25, 0.3) is 0 Å². The van der Waals surface area contributed by atoms with Gasteiger partial charge < -0.3 is 0 Å². The second-order valence-corrected chi connectivity index (χ2v) is 3.04. The first-order valence-electron chi connectivity index (χ1n) is 2.93. The van der Waals surface area contributed by atoms with Crippen LogP contribution in [0.15, 0.2) is 22.7 Å². The minimum absolute atomic E-state index is 0. The van der Waals surface area contributed by atoms with Crippen molar-refractivity contribution in [2.75, 3.05) is 0 Å². The third-order valence-electron chi connectivity index (χ3n) is 1.54. The summed E-state index contributed by atoms with van der Waals surface area (Å²) in [6.45, 7) is 4.22. The first-order chi connectivity index (χ1) is 4.22. The van der Waals surface area contributed by atoms with Crippen LogP contribution in [-0.2, 0) is 0 Å². The van der Waals surface area contributed by atoms with Crippen molar-refractivity contribution in [1.29, 1.82) is 0 Å². The maximum Gasteiger partial charge on any atom is 0.316 e. The number of halogens is 1. The molecule has 0 spiro atoms. The average molecular weight is 211 g/mol. The Hall–Kier alpha value is 0.466. The molecule has 0 unspecified atom stereocenters. The SMILES string of the molecule is Cc1cccc(Br)c1C.[MgH2]. The molecule has 0 nitrogen and oxygen atoms in total. The lowest BCUT2D eigenvalue weighted by Crippen LogP contribution is -1.79. The quantitative estimate of drug-likeness (QED) is 0.577. The third-order valence-corrected chi connectivity index (χ3v) is 2.40. The molecule has 0 aliphatic carbocycles. The lowest BCUT2D eigenvalue weighted by molar-refractivity contribution is 1.32. The number of hydrogen-bond donors (Lipinski definition) is 0. The van der Waals surface area contributed by atoms with Crippen LogP contribution in [-0.4, -0.2) is 23.1 Å².